The molecule has 0 bridgehead atoms. The maximum absolute atomic E-state index is 9.94. The number of hydrogen-bond donors (Lipinski definition) is 0. The maximum atomic E-state index is 9.94. The Bertz CT molecular complexity index is 492. The van der Waals surface area contributed by atoms with Gasteiger partial charge in [0.15, 0.2) is 0 Å². The fourth-order valence-electron chi connectivity index (χ4n) is 0.954. The van der Waals surface area contributed by atoms with Crippen molar-refractivity contribution in [3.8, 4) is 12.1 Å². The number of nitriles is 2. The zero-order chi connectivity index (χ0) is 11.1. The van der Waals surface area contributed by atoms with Crippen molar-refractivity contribution < 1.29 is 4.79 Å². The average Bonchev–Trinajstić information content (AvgIpc) is 2.28. The largest absolute Gasteiger partial charge is 0.240 e. The Balaban J connectivity index is 3.01. The van der Waals surface area contributed by atoms with E-state index in [-0.39, 0.29) is 5.57 Å². The van der Waals surface area contributed by atoms with Crippen LogP contribution in [0.1, 0.15) is 5.56 Å². The van der Waals surface area contributed by atoms with Crippen LogP contribution < -0.4 is 0 Å². The van der Waals surface area contributed by atoms with Crippen LogP contribution in [0.3, 0.4) is 0 Å². The topological polar surface area (TPSA) is 77.0 Å². The SMILES string of the molecule is N#CC(C#N)=Cc1ccc(N=C=O)cc1. The minimum atomic E-state index is 0.0293. The zero-order valence-electron chi connectivity index (χ0n) is 7.64. The van der Waals surface area contributed by atoms with Crippen molar-refractivity contribution in [2.75, 3.05) is 0 Å². The van der Waals surface area contributed by atoms with Gasteiger partial charge in [-0.2, -0.15) is 15.5 Å². The molecule has 4 heteroatoms. The van der Waals surface area contributed by atoms with Crippen molar-refractivity contribution in [1.29, 1.82) is 10.5 Å². The third-order valence-corrected chi connectivity index (χ3v) is 1.62. The van der Waals surface area contributed by atoms with E-state index in [2.05, 4.69) is 4.99 Å². The van der Waals surface area contributed by atoms with Gasteiger partial charge in [0.25, 0.3) is 0 Å². The number of carbonyl (C=O) groups excluding carboxylic acids is 1. The van der Waals surface area contributed by atoms with Gasteiger partial charge in [-0.15, -0.1) is 0 Å². The smallest absolute Gasteiger partial charge is 0.211 e. The van der Waals surface area contributed by atoms with Crippen LogP contribution in [0.4, 0.5) is 5.69 Å². The minimum absolute atomic E-state index is 0.0293. The highest BCUT2D eigenvalue weighted by Crippen LogP contribution is 2.14. The molecule has 0 atom stereocenters. The summed E-state index contributed by atoms with van der Waals surface area (Å²) in [5.41, 5.74) is 1.22. The number of benzene rings is 1. The molecule has 0 aromatic heterocycles. The summed E-state index contributed by atoms with van der Waals surface area (Å²) >= 11 is 0. The molecule has 0 saturated carbocycles. The molecule has 4 nitrogen and oxygen atoms in total. The Hall–Kier alpha value is -2.68. The lowest BCUT2D eigenvalue weighted by atomic mass is 10.1. The Morgan fingerprint density at radius 3 is 2.27 bits per heavy atom. The first-order valence-electron chi connectivity index (χ1n) is 4.00. The standard InChI is InChI=1S/C11H5N3O/c12-6-10(7-13)5-9-1-3-11(4-2-9)14-8-15/h1-5H. The Morgan fingerprint density at radius 2 is 1.80 bits per heavy atom. The van der Waals surface area contributed by atoms with Gasteiger partial charge < -0.3 is 0 Å². The molecule has 0 heterocycles. The molecule has 0 aliphatic carbocycles. The second-order valence-corrected chi connectivity index (χ2v) is 2.58. The quantitative estimate of drug-likeness (QED) is 0.411. The molecule has 1 rings (SSSR count). The number of aliphatic imine (C=N–C) groups is 1. The third kappa shape index (κ3) is 2.93. The number of allylic oxidation sites excluding steroid dienone is 1. The summed E-state index contributed by atoms with van der Waals surface area (Å²) in [7, 11) is 0. The van der Waals surface area contributed by atoms with E-state index in [1.54, 1.807) is 36.4 Å². The summed E-state index contributed by atoms with van der Waals surface area (Å²) in [6, 6.07) is 10.0. The second-order valence-electron chi connectivity index (χ2n) is 2.58. The highest BCUT2D eigenvalue weighted by molar-refractivity contribution is 5.63. The van der Waals surface area contributed by atoms with Crippen molar-refractivity contribution in [3.63, 3.8) is 0 Å². The van der Waals surface area contributed by atoms with Crippen LogP contribution in [0, 0.1) is 22.7 Å². The van der Waals surface area contributed by atoms with Gasteiger partial charge >= 0.3 is 0 Å². The second kappa shape index (κ2) is 5.14. The number of rotatable bonds is 2. The van der Waals surface area contributed by atoms with E-state index in [0.29, 0.717) is 11.3 Å². The zero-order valence-corrected chi connectivity index (χ0v) is 7.64. The normalized spacial score (nSPS) is 7.87. The molecule has 0 unspecified atom stereocenters. The van der Waals surface area contributed by atoms with Crippen molar-refractivity contribution in [2.24, 2.45) is 4.99 Å². The molecule has 0 aliphatic heterocycles. The molecule has 0 amide bonds. The van der Waals surface area contributed by atoms with Crippen LogP contribution in [0.25, 0.3) is 6.08 Å². The maximum Gasteiger partial charge on any atom is 0.240 e. The molecule has 15 heavy (non-hydrogen) atoms. The van der Waals surface area contributed by atoms with Gasteiger partial charge in [-0.3, -0.25) is 0 Å². The molecule has 0 saturated heterocycles. The molecule has 1 aromatic carbocycles. The van der Waals surface area contributed by atoms with Gasteiger partial charge in [0, 0.05) is 0 Å². The predicted octanol–water partition coefficient (Wildman–Crippen LogP) is 2.08. The van der Waals surface area contributed by atoms with Gasteiger partial charge in [0.2, 0.25) is 6.08 Å². The summed E-state index contributed by atoms with van der Waals surface area (Å²) in [6.45, 7) is 0. The Labute approximate surface area is 86.4 Å². The first kappa shape index (κ1) is 10.4. The van der Waals surface area contributed by atoms with Gasteiger partial charge in [-0.25, -0.2) is 4.79 Å². The number of isocyanates is 1. The van der Waals surface area contributed by atoms with Crippen molar-refractivity contribution in [3.05, 3.63) is 35.4 Å². The monoisotopic (exact) mass is 195 g/mol. The summed E-state index contributed by atoms with van der Waals surface area (Å²) in [4.78, 5) is 13.4. The van der Waals surface area contributed by atoms with Gasteiger partial charge in [-0.1, -0.05) is 12.1 Å². The van der Waals surface area contributed by atoms with Crippen LogP contribution in [-0.4, -0.2) is 6.08 Å². The van der Waals surface area contributed by atoms with Crippen molar-refractivity contribution >= 4 is 17.8 Å². The summed E-state index contributed by atoms with van der Waals surface area (Å²) in [5.74, 6) is 0. The van der Waals surface area contributed by atoms with E-state index in [9.17, 15) is 4.79 Å². The van der Waals surface area contributed by atoms with Gasteiger partial charge in [0.1, 0.15) is 17.7 Å². The number of hydrogen-bond acceptors (Lipinski definition) is 4. The van der Waals surface area contributed by atoms with Crippen LogP contribution >= 0.6 is 0 Å². The van der Waals surface area contributed by atoms with E-state index in [0.717, 1.165) is 0 Å². The highest BCUT2D eigenvalue weighted by atomic mass is 16.1. The molecule has 0 radical (unpaired) electrons. The molecule has 0 aliphatic rings. The van der Waals surface area contributed by atoms with Gasteiger partial charge in [-0.05, 0) is 23.8 Å². The van der Waals surface area contributed by atoms with E-state index in [1.165, 1.54) is 12.2 Å². The molecule has 70 valence electrons. The fraction of sp³-hybridized carbons (Fsp3) is 0. The molecule has 0 fully saturated rings. The van der Waals surface area contributed by atoms with E-state index >= 15 is 0 Å². The fourth-order valence-corrected chi connectivity index (χ4v) is 0.954. The van der Waals surface area contributed by atoms with Gasteiger partial charge in [0.05, 0.1) is 5.69 Å². The average molecular weight is 195 g/mol. The summed E-state index contributed by atoms with van der Waals surface area (Å²) in [6.07, 6.45) is 2.87. The van der Waals surface area contributed by atoms with E-state index < -0.39 is 0 Å². The summed E-state index contributed by atoms with van der Waals surface area (Å²) < 4.78 is 0. The van der Waals surface area contributed by atoms with E-state index in [4.69, 9.17) is 10.5 Å². The first-order valence-corrected chi connectivity index (χ1v) is 4.00. The van der Waals surface area contributed by atoms with Crippen LogP contribution in [-0.2, 0) is 4.79 Å². The molecule has 0 N–H and O–H groups in total. The van der Waals surface area contributed by atoms with Crippen LogP contribution in [0.15, 0.2) is 34.8 Å². The van der Waals surface area contributed by atoms with E-state index in [1.807, 2.05) is 0 Å². The highest BCUT2D eigenvalue weighted by Gasteiger charge is 1.94. The Kier molecular flexibility index (Phi) is 3.56. The van der Waals surface area contributed by atoms with Crippen molar-refractivity contribution in [1.82, 2.24) is 0 Å². The first-order chi connectivity index (χ1) is 7.30. The lowest BCUT2D eigenvalue weighted by Gasteiger charge is -1.93. The predicted molar refractivity (Wildman–Crippen MR) is 53.4 cm³/mol. The lowest BCUT2D eigenvalue weighted by Crippen LogP contribution is -1.75. The Morgan fingerprint density at radius 1 is 1.20 bits per heavy atom. The lowest BCUT2D eigenvalue weighted by molar-refractivity contribution is 0.565. The third-order valence-electron chi connectivity index (χ3n) is 1.62. The van der Waals surface area contributed by atoms with Crippen LogP contribution in [0.5, 0.6) is 0 Å². The molecule has 1 aromatic rings. The van der Waals surface area contributed by atoms with Crippen LogP contribution in [0.2, 0.25) is 0 Å². The molecular weight excluding hydrogens is 190 g/mol. The minimum Gasteiger partial charge on any atom is -0.211 e. The summed E-state index contributed by atoms with van der Waals surface area (Å²) in [5, 5.41) is 17.0. The molecule has 0 spiro atoms. The number of nitrogens with zero attached hydrogens (tertiary/aromatic N) is 3. The van der Waals surface area contributed by atoms with Crippen molar-refractivity contribution in [2.45, 2.75) is 0 Å². The molecular formula is C11H5N3O.